The molecule has 0 unspecified atom stereocenters. The summed E-state index contributed by atoms with van der Waals surface area (Å²) in [6, 6.07) is 197. The minimum absolute atomic E-state index is 0.903. The lowest BCUT2D eigenvalue weighted by Gasteiger charge is -2.14. The molecule has 30 rings (SSSR count). The largest absolute Gasteiger partial charge is 0.454 e. The number of hydrogen-bond donors (Lipinski definition) is 0. The lowest BCUT2D eigenvalue weighted by Crippen LogP contribution is -1.96. The summed E-state index contributed by atoms with van der Waals surface area (Å²) < 4.78 is 21.0. The third-order valence-corrected chi connectivity index (χ3v) is 29.5. The van der Waals surface area contributed by atoms with Gasteiger partial charge in [-0.2, -0.15) is 0 Å². The second-order valence-corrected chi connectivity index (χ2v) is 37.6. The summed E-state index contributed by atoms with van der Waals surface area (Å²) in [5, 5.41) is 17.3. The Bertz CT molecular complexity index is 10300. The van der Waals surface area contributed by atoms with E-state index in [2.05, 4.69) is 561 Å². The lowest BCUT2D eigenvalue weighted by molar-refractivity contribution is 0.666. The quantitative estimate of drug-likeness (QED) is 0.113. The molecule has 0 saturated carbocycles. The zero-order valence-corrected chi connectivity index (χ0v) is 79.1. The molecule has 7 nitrogen and oxygen atoms in total. The molecule has 0 aliphatic heterocycles. The van der Waals surface area contributed by atoms with Gasteiger partial charge in [0.25, 0.3) is 0 Å². The van der Waals surface area contributed by atoms with Crippen molar-refractivity contribution >= 4 is 153 Å². The average molecular weight is 1850 g/mol. The Morgan fingerprint density at radius 3 is 0.814 bits per heavy atom. The van der Waals surface area contributed by atoms with Crippen molar-refractivity contribution in [3.05, 3.63) is 546 Å². The van der Waals surface area contributed by atoms with E-state index in [1.165, 1.54) is 198 Å². The molecule has 0 atom stereocenters. The summed E-state index contributed by atoms with van der Waals surface area (Å²) >= 11 is 0. The first kappa shape index (κ1) is 83.8. The number of hydrogen-bond acceptors (Lipinski definition) is 1. The molecule has 7 heterocycles. The Hall–Kier alpha value is -19.3. The molecule has 0 fully saturated rings. The second kappa shape index (κ2) is 34.9. The highest BCUT2D eigenvalue weighted by Crippen LogP contribution is 2.50. The van der Waals surface area contributed by atoms with Gasteiger partial charge >= 0.3 is 0 Å². The zero-order chi connectivity index (χ0) is 95.5. The molecule has 30 aromatic rings. The molecule has 0 aliphatic carbocycles. The predicted molar refractivity (Wildman–Crippen MR) is 611 cm³/mol. The van der Waals surface area contributed by atoms with Gasteiger partial charge < -0.3 is 31.8 Å². The van der Waals surface area contributed by atoms with Crippen molar-refractivity contribution in [2.75, 3.05) is 0 Å². The second-order valence-electron chi connectivity index (χ2n) is 37.6. The molecule has 0 radical (unpaired) electrons. The summed E-state index contributed by atoms with van der Waals surface area (Å²) in [7, 11) is 0. The number of para-hydroxylation sites is 10. The van der Waals surface area contributed by atoms with E-state index in [0.717, 1.165) is 67.1 Å². The Morgan fingerprint density at radius 1 is 0.124 bits per heavy atom. The molecule has 0 aliphatic rings. The van der Waals surface area contributed by atoms with Crippen LogP contribution in [0.5, 0.6) is 0 Å². The molecule has 0 spiro atoms. The summed E-state index contributed by atoms with van der Waals surface area (Å²) in [5.41, 5.74) is 40.0. The van der Waals surface area contributed by atoms with Crippen LogP contribution in [0.3, 0.4) is 0 Å². The average Bonchev–Trinajstić information content (AvgIpc) is 1.56. The number of nitrogens with zero attached hydrogens (tertiary/aromatic N) is 6. The minimum atomic E-state index is 0.903. The normalized spacial score (nSPS) is 11.7. The van der Waals surface area contributed by atoms with Crippen molar-refractivity contribution in [3.8, 4) is 112 Å². The Kier molecular flexibility index (Phi) is 20.2. The van der Waals surface area contributed by atoms with Crippen molar-refractivity contribution in [1.82, 2.24) is 27.4 Å². The topological polar surface area (TPSA) is 42.7 Å². The van der Waals surface area contributed by atoms with E-state index in [1.54, 1.807) is 0 Å². The number of benzene rings is 23. The third kappa shape index (κ3) is 14.0. The van der Waals surface area contributed by atoms with Crippen LogP contribution in [-0.4, -0.2) is 27.4 Å². The first-order chi connectivity index (χ1) is 72.0. The Labute approximate surface area is 836 Å². The van der Waals surface area contributed by atoms with Crippen LogP contribution >= 0.6 is 0 Å². The number of fused-ring (bicyclic) bond motifs is 21. The van der Waals surface area contributed by atoms with Gasteiger partial charge in [0.15, 0.2) is 5.58 Å². The molecule has 0 amide bonds. The SMILES string of the molecule is c1ccc(-c2cc(-c3ccccc3)cc(-n3c4ccccc4c4c(-c5cccc6c5c5ccccc5n6-c5ccccc5)cccc43)c2)cc1.c1ccc(-c2ccc(-n3c4ccccc4c4c(-c5cccc6c5c5ccccc5n6-c5cccc(-c6ccccc6)c5)cccc43)cc2)cc1.c1ccc(-n2c3ccccc3c3ccc(-c4ccc5c6ccccc6n(-c6cccc7c6oc6ccccc67)c5c4)cc32)cc1. The van der Waals surface area contributed by atoms with Gasteiger partial charge in [0.2, 0.25) is 0 Å². The molecular formula is C138H90N6O. The van der Waals surface area contributed by atoms with Gasteiger partial charge in [0, 0.05) is 104 Å². The zero-order valence-electron chi connectivity index (χ0n) is 79.1. The van der Waals surface area contributed by atoms with Crippen LogP contribution in [0, 0.1) is 0 Å². The monoisotopic (exact) mass is 1850 g/mol. The van der Waals surface area contributed by atoms with Crippen LogP contribution in [0.1, 0.15) is 0 Å². The maximum absolute atomic E-state index is 6.53. The maximum Gasteiger partial charge on any atom is 0.159 e. The third-order valence-electron chi connectivity index (χ3n) is 29.5. The molecule has 0 bridgehead atoms. The van der Waals surface area contributed by atoms with Crippen molar-refractivity contribution in [2.45, 2.75) is 0 Å². The summed E-state index contributed by atoms with van der Waals surface area (Å²) in [4.78, 5) is 0. The standard InChI is InChI=1S/2C48H32N2.C42H26N2O/c1-4-16-33(17-5-1)35-30-36(34-18-6-2-7-19-34)32-38(31-35)50-44-27-13-11-23-42(44)48-40(25-15-29-46(48)50)39-24-14-28-45-47(39)41-22-10-12-26-43(41)49(45)37-20-8-3-9-21-37;1-3-14-33(15-4-1)35-28-30-37(31-29-35)49-43-24-9-7-20-41(43)47-39(22-12-26-45(47)49)40-23-13-27-46-48(40)42-21-8-10-25-44(42)50(46)38-19-11-18-36(32-38)34-16-5-2-6-17-34;1-2-11-29(12-3-1)43-36-17-7-4-13-30(36)32-23-21-27(25-39(32)43)28-22-24-33-31-14-5-8-18-37(31)44(40(33)26-28)38-19-10-16-35-34-15-6-9-20-41(34)45-42(35)38/h2*1-32H;1-26H. The highest BCUT2D eigenvalue weighted by Gasteiger charge is 2.27. The molecule has 23 aromatic carbocycles. The lowest BCUT2D eigenvalue weighted by atomic mass is 9.95. The van der Waals surface area contributed by atoms with Crippen LogP contribution in [0.25, 0.3) is 265 Å². The van der Waals surface area contributed by atoms with Gasteiger partial charge in [0.05, 0.1) is 71.9 Å². The number of aromatic nitrogens is 6. The van der Waals surface area contributed by atoms with E-state index < -0.39 is 0 Å². The van der Waals surface area contributed by atoms with E-state index in [9.17, 15) is 0 Å². The van der Waals surface area contributed by atoms with Gasteiger partial charge in [-0.05, 0) is 230 Å². The van der Waals surface area contributed by atoms with Gasteiger partial charge in [-0.3, -0.25) is 0 Å². The molecule has 0 saturated heterocycles. The van der Waals surface area contributed by atoms with E-state index in [-0.39, 0.29) is 0 Å². The molecule has 0 N–H and O–H groups in total. The first-order valence-corrected chi connectivity index (χ1v) is 49.8. The van der Waals surface area contributed by atoms with Crippen molar-refractivity contribution < 1.29 is 4.42 Å². The Morgan fingerprint density at radius 2 is 0.379 bits per heavy atom. The summed E-state index contributed by atoms with van der Waals surface area (Å²) in [5.74, 6) is 0. The van der Waals surface area contributed by atoms with Gasteiger partial charge in [-0.1, -0.05) is 394 Å². The first-order valence-electron chi connectivity index (χ1n) is 49.8. The van der Waals surface area contributed by atoms with Crippen LogP contribution < -0.4 is 0 Å². The van der Waals surface area contributed by atoms with Crippen LogP contribution in [0.2, 0.25) is 0 Å². The van der Waals surface area contributed by atoms with Gasteiger partial charge in [0.1, 0.15) is 5.58 Å². The summed E-state index contributed by atoms with van der Waals surface area (Å²) in [6.45, 7) is 0. The van der Waals surface area contributed by atoms with E-state index in [0.29, 0.717) is 0 Å². The fourth-order valence-corrected chi connectivity index (χ4v) is 23.2. The van der Waals surface area contributed by atoms with E-state index in [1.807, 2.05) is 12.1 Å². The van der Waals surface area contributed by atoms with E-state index >= 15 is 0 Å². The van der Waals surface area contributed by atoms with Gasteiger partial charge in [-0.25, -0.2) is 0 Å². The van der Waals surface area contributed by atoms with Crippen molar-refractivity contribution in [2.24, 2.45) is 0 Å². The smallest absolute Gasteiger partial charge is 0.159 e. The maximum atomic E-state index is 6.53. The van der Waals surface area contributed by atoms with Crippen molar-refractivity contribution in [3.63, 3.8) is 0 Å². The van der Waals surface area contributed by atoms with Gasteiger partial charge in [-0.15, -0.1) is 0 Å². The van der Waals surface area contributed by atoms with E-state index in [4.69, 9.17) is 4.42 Å². The molecule has 7 heteroatoms. The highest BCUT2D eigenvalue weighted by atomic mass is 16.3. The Balaban J connectivity index is 0.000000106. The van der Waals surface area contributed by atoms with Crippen LogP contribution in [0.4, 0.5) is 0 Å². The van der Waals surface area contributed by atoms with Crippen molar-refractivity contribution in [1.29, 1.82) is 0 Å². The molecule has 145 heavy (non-hydrogen) atoms. The molecule has 7 aromatic heterocycles. The number of rotatable bonds is 13. The molecular weight excluding hydrogens is 1760 g/mol. The van der Waals surface area contributed by atoms with Crippen LogP contribution in [-0.2, 0) is 0 Å². The fourth-order valence-electron chi connectivity index (χ4n) is 23.2. The molecule has 678 valence electrons. The highest BCUT2D eigenvalue weighted by molar-refractivity contribution is 6.25. The van der Waals surface area contributed by atoms with Crippen LogP contribution in [0.15, 0.2) is 550 Å². The number of furan rings is 1. The summed E-state index contributed by atoms with van der Waals surface area (Å²) in [6.07, 6.45) is 0. The predicted octanol–water partition coefficient (Wildman–Crippen LogP) is 37.2. The minimum Gasteiger partial charge on any atom is -0.454 e. The fraction of sp³-hybridized carbons (Fsp3) is 0.